The molecule has 0 unspecified atom stereocenters. The van der Waals surface area contributed by atoms with Crippen molar-refractivity contribution in [3.05, 3.63) is 18.1 Å². The monoisotopic (exact) mass is 111 g/mol. The van der Waals surface area contributed by atoms with Crippen LogP contribution < -0.4 is 5.73 Å². The molecule has 0 radical (unpaired) electrons. The second-order valence-corrected chi connectivity index (χ2v) is 1.54. The standard InChI is InChI=1S/C5H7N3/c1-4-2-5(6)8-3-7-4/h2-3H,1H3,(H2,6,7,8)/i/hT. The van der Waals surface area contributed by atoms with Gasteiger partial charge in [0.15, 0.2) is 1.41 Å². The predicted molar refractivity (Wildman–Crippen MR) is 31.2 cm³/mol. The highest BCUT2D eigenvalue weighted by Crippen LogP contribution is 1.94. The summed E-state index contributed by atoms with van der Waals surface area (Å²) in [5.41, 5.74) is 3.03. The molecule has 42 valence electrons. The Hall–Kier alpha value is -1.12. The topological polar surface area (TPSA) is 51.8 Å². The molecule has 0 fully saturated rings. The number of hydrogen-bond donors (Lipinski definition) is 1. The fraction of sp³-hybridized carbons (Fsp3) is 0.200. The first-order chi connectivity index (χ1) is 4.33. The van der Waals surface area contributed by atoms with E-state index in [0.29, 0.717) is 5.82 Å². The Balaban J connectivity index is 2.94. The number of nitrogen functional groups attached to an aromatic ring is 1. The van der Waals surface area contributed by atoms with Crippen LogP contribution in [-0.4, -0.2) is 9.97 Å². The molecule has 1 rings (SSSR count). The number of nitrogens with two attached hydrogens (primary N) is 1. The van der Waals surface area contributed by atoms with Crippen molar-refractivity contribution in [2.45, 2.75) is 6.92 Å². The molecule has 3 nitrogen and oxygen atoms in total. The summed E-state index contributed by atoms with van der Waals surface area (Å²) in [5, 5.41) is 0. The molecule has 2 N–H and O–H groups in total. The third kappa shape index (κ3) is 0.932. The highest BCUT2D eigenvalue weighted by molar-refractivity contribution is 5.26. The van der Waals surface area contributed by atoms with Gasteiger partial charge in [0.25, 0.3) is 0 Å². The van der Waals surface area contributed by atoms with E-state index in [1.807, 2.05) is 6.92 Å². The van der Waals surface area contributed by atoms with Crippen molar-refractivity contribution in [3.63, 3.8) is 0 Å². The molecular weight excluding hydrogens is 102 g/mol. The molecule has 0 aliphatic heterocycles. The summed E-state index contributed by atoms with van der Waals surface area (Å²) in [6.07, 6.45) is 1.42. The van der Waals surface area contributed by atoms with Gasteiger partial charge in [-0.05, 0) is 6.92 Å². The van der Waals surface area contributed by atoms with E-state index >= 15 is 0 Å². The molecule has 0 atom stereocenters. The minimum atomic E-state index is 0.530. The molecule has 0 aromatic carbocycles. The number of rotatable bonds is 1. The van der Waals surface area contributed by atoms with Crippen LogP contribution in [0.5, 0.6) is 0 Å². The maximum absolute atomic E-state index is 6.70. The lowest BCUT2D eigenvalue weighted by Gasteiger charge is -1.89. The zero-order chi connectivity index (χ0) is 6.69. The highest BCUT2D eigenvalue weighted by Gasteiger charge is 1.83. The van der Waals surface area contributed by atoms with Gasteiger partial charge in [0.05, 0.1) is 0 Å². The summed E-state index contributed by atoms with van der Waals surface area (Å²) in [7, 11) is 0. The Labute approximate surface area is 49.0 Å². The first-order valence-electron chi connectivity index (χ1n) is 2.79. The Morgan fingerprint density at radius 2 is 2.62 bits per heavy atom. The van der Waals surface area contributed by atoms with E-state index < -0.39 is 0 Å². The number of aryl methyl sites for hydroxylation is 1. The third-order valence-electron chi connectivity index (χ3n) is 0.804. The zero-order valence-corrected chi connectivity index (χ0v) is 4.55. The van der Waals surface area contributed by atoms with Crippen molar-refractivity contribution >= 4 is 5.82 Å². The molecule has 0 aliphatic carbocycles. The van der Waals surface area contributed by atoms with Gasteiger partial charge < -0.3 is 5.73 Å². The van der Waals surface area contributed by atoms with Crippen molar-refractivity contribution < 1.29 is 1.41 Å². The molecule has 1 heterocycles. The maximum Gasteiger partial charge on any atom is 0.158 e. The van der Waals surface area contributed by atoms with Crippen molar-refractivity contribution in [1.82, 2.24) is 9.97 Å². The first-order valence-corrected chi connectivity index (χ1v) is 2.29. The van der Waals surface area contributed by atoms with E-state index in [1.54, 1.807) is 6.07 Å². The van der Waals surface area contributed by atoms with Crippen molar-refractivity contribution in [3.8, 4) is 0 Å². The average molecular weight is 111 g/mol. The van der Waals surface area contributed by atoms with Crippen LogP contribution in [-0.2, 0) is 0 Å². The van der Waals surface area contributed by atoms with Crippen LogP contribution in [0, 0.1) is 6.92 Å². The van der Waals surface area contributed by atoms with Crippen LogP contribution >= 0.6 is 0 Å². The second-order valence-electron chi connectivity index (χ2n) is 1.54. The minimum absolute atomic E-state index is 0.530. The molecule has 8 heavy (non-hydrogen) atoms. The molecule has 1 aromatic heterocycles. The van der Waals surface area contributed by atoms with Crippen LogP contribution in [0.25, 0.3) is 0 Å². The van der Waals surface area contributed by atoms with Crippen LogP contribution in [0.2, 0.25) is 1.41 Å². The summed E-state index contributed by atoms with van der Waals surface area (Å²) < 4.78 is 6.70. The second kappa shape index (κ2) is 1.78. The lowest BCUT2D eigenvalue weighted by Crippen LogP contribution is -1.90. The largest absolute Gasteiger partial charge is 0.384 e. The van der Waals surface area contributed by atoms with Gasteiger partial charge in [-0.3, -0.25) is 0 Å². The Morgan fingerprint density at radius 3 is 3.12 bits per heavy atom. The van der Waals surface area contributed by atoms with Crippen molar-refractivity contribution in [2.75, 3.05) is 5.73 Å². The van der Waals surface area contributed by atoms with Gasteiger partial charge >= 0.3 is 0 Å². The highest BCUT2D eigenvalue weighted by atomic mass is 14.9. The van der Waals surface area contributed by atoms with Gasteiger partial charge in [-0.1, -0.05) is 0 Å². The fourth-order valence-electron chi connectivity index (χ4n) is 0.455. The summed E-state index contributed by atoms with van der Waals surface area (Å²) in [5.74, 6) is 0.530. The molecule has 0 bridgehead atoms. The van der Waals surface area contributed by atoms with Crippen LogP contribution in [0.4, 0.5) is 5.82 Å². The molecule has 0 aliphatic rings. The lowest BCUT2D eigenvalue weighted by atomic mass is 10.4. The summed E-state index contributed by atoms with van der Waals surface area (Å²) >= 11 is 0. The van der Waals surface area contributed by atoms with Crippen LogP contribution in [0.1, 0.15) is 5.69 Å². The predicted octanol–water partition coefficient (Wildman–Crippen LogP) is 0.367. The van der Waals surface area contributed by atoms with Crippen molar-refractivity contribution in [1.29, 1.82) is 0 Å². The Bertz CT molecular complexity index is 201. The minimum Gasteiger partial charge on any atom is -0.384 e. The number of nitrogens with zero attached hydrogens (tertiary/aromatic N) is 2. The van der Waals surface area contributed by atoms with Gasteiger partial charge in [-0.15, -0.1) is 0 Å². The average Bonchev–Trinajstić information content (AvgIpc) is 1.88. The number of anilines is 1. The van der Waals surface area contributed by atoms with Crippen LogP contribution in [0.15, 0.2) is 12.4 Å². The maximum atomic E-state index is 6.70. The Morgan fingerprint density at radius 1 is 1.75 bits per heavy atom. The van der Waals surface area contributed by atoms with Gasteiger partial charge in [0.1, 0.15) is 12.1 Å². The normalized spacial score (nSPS) is 10.4. The molecule has 0 amide bonds. The summed E-state index contributed by atoms with van der Waals surface area (Å²) in [6, 6.07) is 1.70. The molecule has 0 saturated heterocycles. The lowest BCUT2D eigenvalue weighted by molar-refractivity contribution is 1.11. The van der Waals surface area contributed by atoms with E-state index in [4.69, 9.17) is 1.41 Å². The molecule has 1 aromatic rings. The van der Waals surface area contributed by atoms with E-state index in [1.165, 1.54) is 6.33 Å². The number of hydrogen-bond acceptors (Lipinski definition) is 3. The molecule has 0 spiro atoms. The molecule has 0 saturated carbocycles. The third-order valence-corrected chi connectivity index (χ3v) is 0.804. The van der Waals surface area contributed by atoms with Gasteiger partial charge in [-0.2, -0.15) is 0 Å². The quantitative estimate of drug-likeness (QED) is 0.569. The van der Waals surface area contributed by atoms with E-state index in [0.717, 1.165) is 5.69 Å². The van der Waals surface area contributed by atoms with Crippen LogP contribution in [0.3, 0.4) is 0 Å². The first kappa shape index (κ1) is 3.83. The van der Waals surface area contributed by atoms with Gasteiger partial charge in [-0.25, -0.2) is 9.97 Å². The molecule has 3 heteroatoms. The van der Waals surface area contributed by atoms with E-state index in [9.17, 15) is 0 Å². The SMILES string of the molecule is [3H]Nc1cc(C)ncn1. The van der Waals surface area contributed by atoms with Gasteiger partial charge in [0.2, 0.25) is 0 Å². The fourth-order valence-corrected chi connectivity index (χ4v) is 0.455. The summed E-state index contributed by atoms with van der Waals surface area (Å²) in [6.45, 7) is 1.85. The van der Waals surface area contributed by atoms with E-state index in [2.05, 4.69) is 15.7 Å². The number of aromatic nitrogens is 2. The molecular formula is C5H7N3. The summed E-state index contributed by atoms with van der Waals surface area (Å²) in [4.78, 5) is 7.60. The van der Waals surface area contributed by atoms with E-state index in [-0.39, 0.29) is 0 Å². The smallest absolute Gasteiger partial charge is 0.158 e. The zero-order valence-electron chi connectivity index (χ0n) is 5.55. The van der Waals surface area contributed by atoms with Gasteiger partial charge in [0, 0.05) is 11.8 Å². The van der Waals surface area contributed by atoms with Crippen molar-refractivity contribution in [2.24, 2.45) is 0 Å². The Kier molecular flexibility index (Phi) is 0.850.